The lowest BCUT2D eigenvalue weighted by molar-refractivity contribution is 0.423. The zero-order valence-corrected chi connectivity index (χ0v) is 7.63. The molecule has 0 atom stereocenters. The van der Waals surface area contributed by atoms with Crippen LogP contribution in [0.25, 0.3) is 0 Å². The first-order valence-electron chi connectivity index (χ1n) is 4.36. The number of aromatic hydroxyl groups is 1. The number of halogens is 2. The summed E-state index contributed by atoms with van der Waals surface area (Å²) in [5.74, 6) is -2.47. The molecule has 5 heteroatoms. The Hall–Kier alpha value is -1.74. The van der Waals surface area contributed by atoms with E-state index in [2.05, 4.69) is 4.99 Å². The minimum atomic E-state index is -1.03. The molecule has 0 unspecified atom stereocenters. The molecule has 0 amide bonds. The van der Waals surface area contributed by atoms with Crippen LogP contribution in [-0.4, -0.2) is 11.2 Å². The first-order chi connectivity index (χ1) is 7.09. The highest BCUT2D eigenvalue weighted by Gasteiger charge is 2.47. The topological polar surface area (TPSA) is 49.7 Å². The Balaban J connectivity index is 2.54. The lowest BCUT2D eigenvalue weighted by Gasteiger charge is -2.10. The average Bonchev–Trinajstić information content (AvgIpc) is 2.93. The second kappa shape index (κ2) is 3.14. The Bertz CT molecular complexity index is 463. The van der Waals surface area contributed by atoms with Crippen LogP contribution >= 0.6 is 0 Å². The van der Waals surface area contributed by atoms with Gasteiger partial charge >= 0.3 is 0 Å². The lowest BCUT2D eigenvalue weighted by Crippen LogP contribution is -2.06. The van der Waals surface area contributed by atoms with E-state index >= 15 is 0 Å². The number of nitrogens with zero attached hydrogens (tertiary/aromatic N) is 1. The van der Waals surface area contributed by atoms with Crippen LogP contribution < -0.4 is 0 Å². The fourth-order valence-corrected chi connectivity index (χ4v) is 1.54. The number of phenols is 1. The molecule has 0 radical (unpaired) electrons. The van der Waals surface area contributed by atoms with Crippen molar-refractivity contribution in [2.24, 2.45) is 4.99 Å². The van der Waals surface area contributed by atoms with E-state index in [0.717, 1.165) is 6.07 Å². The highest BCUT2D eigenvalue weighted by molar-refractivity contribution is 5.44. The maximum atomic E-state index is 13.3. The monoisotopic (exact) mass is 211 g/mol. The molecule has 0 aliphatic heterocycles. The number of carbonyl (C=O) groups excluding carboxylic acids is 1. The molecular weight excluding hydrogens is 204 g/mol. The minimum Gasteiger partial charge on any atom is -0.505 e. The van der Waals surface area contributed by atoms with Crippen LogP contribution in [0.4, 0.5) is 8.78 Å². The van der Waals surface area contributed by atoms with Crippen LogP contribution in [0.2, 0.25) is 0 Å². The van der Waals surface area contributed by atoms with Gasteiger partial charge in [-0.3, -0.25) is 0 Å². The van der Waals surface area contributed by atoms with E-state index in [1.807, 2.05) is 0 Å². The molecule has 1 aliphatic rings. The van der Waals surface area contributed by atoms with E-state index < -0.39 is 22.9 Å². The Morgan fingerprint density at radius 1 is 1.33 bits per heavy atom. The minimum absolute atomic E-state index is 0.0461. The molecule has 1 aliphatic carbocycles. The Morgan fingerprint density at radius 2 is 2.00 bits per heavy atom. The van der Waals surface area contributed by atoms with Crippen molar-refractivity contribution in [1.82, 2.24) is 0 Å². The quantitative estimate of drug-likeness (QED) is 0.600. The summed E-state index contributed by atoms with van der Waals surface area (Å²) in [4.78, 5) is 13.6. The lowest BCUT2D eigenvalue weighted by atomic mass is 10.0. The molecule has 0 spiro atoms. The van der Waals surface area contributed by atoms with E-state index in [1.54, 1.807) is 0 Å². The molecule has 1 aromatic rings. The maximum absolute atomic E-state index is 13.3. The second-order valence-corrected chi connectivity index (χ2v) is 3.52. The molecule has 78 valence electrons. The van der Waals surface area contributed by atoms with E-state index in [9.17, 15) is 13.6 Å². The smallest absolute Gasteiger partial charge is 0.235 e. The molecule has 2 rings (SSSR count). The summed E-state index contributed by atoms with van der Waals surface area (Å²) in [5.41, 5.74) is -0.887. The van der Waals surface area contributed by atoms with Gasteiger partial charge in [-0.25, -0.2) is 13.6 Å². The maximum Gasteiger partial charge on any atom is 0.235 e. The third-order valence-electron chi connectivity index (χ3n) is 2.52. The number of aliphatic imine (C=N–C) groups is 1. The highest BCUT2D eigenvalue weighted by Crippen LogP contribution is 2.50. The third kappa shape index (κ3) is 1.51. The van der Waals surface area contributed by atoms with Crippen molar-refractivity contribution in [3.8, 4) is 5.75 Å². The molecule has 1 fully saturated rings. The third-order valence-corrected chi connectivity index (χ3v) is 2.52. The van der Waals surface area contributed by atoms with Crippen molar-refractivity contribution in [3.05, 3.63) is 29.3 Å². The van der Waals surface area contributed by atoms with E-state index in [0.29, 0.717) is 18.9 Å². The van der Waals surface area contributed by atoms with Gasteiger partial charge in [0.25, 0.3) is 0 Å². The molecule has 1 aromatic carbocycles. The van der Waals surface area contributed by atoms with E-state index in [-0.39, 0.29) is 5.56 Å². The Labute approximate surface area is 84.1 Å². The SMILES string of the molecule is O=C=NC1(c2cc(O)c(F)cc2F)CC1. The molecule has 15 heavy (non-hydrogen) atoms. The largest absolute Gasteiger partial charge is 0.505 e. The molecule has 3 nitrogen and oxygen atoms in total. The van der Waals surface area contributed by atoms with Crippen LogP contribution in [-0.2, 0) is 10.3 Å². The summed E-state index contributed by atoms with van der Waals surface area (Å²) < 4.78 is 26.1. The molecule has 0 heterocycles. The molecule has 0 aromatic heterocycles. The van der Waals surface area contributed by atoms with Crippen molar-refractivity contribution < 1.29 is 18.7 Å². The summed E-state index contributed by atoms with van der Waals surface area (Å²) >= 11 is 0. The summed E-state index contributed by atoms with van der Waals surface area (Å²) in [7, 11) is 0. The standard InChI is InChI=1S/C10H7F2NO2/c11-7-4-8(12)9(15)3-6(7)10(1-2-10)13-5-14/h3-4,15H,1-2H2. The molecule has 0 bridgehead atoms. The number of rotatable bonds is 2. The molecular formula is C10H7F2NO2. The van der Waals surface area contributed by atoms with Crippen molar-refractivity contribution >= 4 is 6.08 Å². The van der Waals surface area contributed by atoms with Gasteiger partial charge in [-0.1, -0.05) is 0 Å². The normalized spacial score (nSPS) is 16.9. The average molecular weight is 211 g/mol. The van der Waals surface area contributed by atoms with E-state index in [4.69, 9.17) is 5.11 Å². The van der Waals surface area contributed by atoms with Gasteiger partial charge in [0.1, 0.15) is 11.4 Å². The zero-order chi connectivity index (χ0) is 11.1. The van der Waals surface area contributed by atoms with Crippen molar-refractivity contribution in [2.75, 3.05) is 0 Å². The van der Waals surface area contributed by atoms with Gasteiger partial charge < -0.3 is 5.11 Å². The number of isocyanates is 1. The zero-order valence-electron chi connectivity index (χ0n) is 7.63. The van der Waals surface area contributed by atoms with E-state index in [1.165, 1.54) is 6.08 Å². The molecule has 1 N–H and O–H groups in total. The van der Waals surface area contributed by atoms with Crippen molar-refractivity contribution in [2.45, 2.75) is 18.4 Å². The molecule has 1 saturated carbocycles. The fourth-order valence-electron chi connectivity index (χ4n) is 1.54. The predicted octanol–water partition coefficient (Wildman–Crippen LogP) is 2.00. The van der Waals surface area contributed by atoms with Gasteiger partial charge in [-0.05, 0) is 18.9 Å². The van der Waals surface area contributed by atoms with Gasteiger partial charge in [0.05, 0.1) is 0 Å². The van der Waals surface area contributed by atoms with Gasteiger partial charge in [0.15, 0.2) is 11.6 Å². The predicted molar refractivity (Wildman–Crippen MR) is 47.1 cm³/mol. The van der Waals surface area contributed by atoms with Crippen molar-refractivity contribution in [3.63, 3.8) is 0 Å². The van der Waals surface area contributed by atoms with Crippen LogP contribution in [0.5, 0.6) is 5.75 Å². The van der Waals surface area contributed by atoms with Crippen LogP contribution in [0, 0.1) is 11.6 Å². The van der Waals surface area contributed by atoms with Crippen LogP contribution in [0.15, 0.2) is 17.1 Å². The van der Waals surface area contributed by atoms with Crippen molar-refractivity contribution in [1.29, 1.82) is 0 Å². The summed E-state index contributed by atoms with van der Waals surface area (Å²) in [6, 6.07) is 1.56. The van der Waals surface area contributed by atoms with Gasteiger partial charge in [-0.15, -0.1) is 0 Å². The fraction of sp³-hybridized carbons (Fsp3) is 0.300. The van der Waals surface area contributed by atoms with Gasteiger partial charge in [-0.2, -0.15) is 4.99 Å². The highest BCUT2D eigenvalue weighted by atomic mass is 19.1. The Morgan fingerprint density at radius 3 is 2.53 bits per heavy atom. The van der Waals surface area contributed by atoms with Gasteiger partial charge in [0, 0.05) is 11.6 Å². The summed E-state index contributed by atoms with van der Waals surface area (Å²) in [6.45, 7) is 0. The summed E-state index contributed by atoms with van der Waals surface area (Å²) in [6.07, 6.45) is 2.37. The number of phenolic OH excluding ortho intramolecular Hbond substituents is 1. The first-order valence-corrected chi connectivity index (χ1v) is 4.36. The number of benzene rings is 1. The van der Waals surface area contributed by atoms with Crippen LogP contribution in [0.3, 0.4) is 0 Å². The Kier molecular flexibility index (Phi) is 2.05. The van der Waals surface area contributed by atoms with Crippen LogP contribution in [0.1, 0.15) is 18.4 Å². The second-order valence-electron chi connectivity index (χ2n) is 3.52. The first kappa shape index (κ1) is 9.80. The number of hydrogen-bond donors (Lipinski definition) is 1. The molecule has 0 saturated heterocycles. The summed E-state index contributed by atoms with van der Waals surface area (Å²) in [5, 5.41) is 9.10. The number of hydrogen-bond acceptors (Lipinski definition) is 3. The van der Waals surface area contributed by atoms with Gasteiger partial charge in [0.2, 0.25) is 6.08 Å².